The summed E-state index contributed by atoms with van der Waals surface area (Å²) >= 11 is 6.33. The lowest BCUT2D eigenvalue weighted by Crippen LogP contribution is -2.13. The molecular weight excluding hydrogens is 346 g/mol. The van der Waals surface area contributed by atoms with Crippen molar-refractivity contribution < 1.29 is 13.6 Å². The highest BCUT2D eigenvalue weighted by atomic mass is 79.9. The summed E-state index contributed by atoms with van der Waals surface area (Å²) in [6.07, 6.45) is -2.63. The van der Waals surface area contributed by atoms with Crippen LogP contribution in [0.25, 0.3) is 0 Å². The second-order valence-electron chi connectivity index (χ2n) is 3.34. The molecule has 88 valence electrons. The first kappa shape index (κ1) is 13.8. The van der Waals surface area contributed by atoms with Crippen LogP contribution in [0.15, 0.2) is 18.2 Å². The highest BCUT2D eigenvalue weighted by Crippen LogP contribution is 2.26. The van der Waals surface area contributed by atoms with Gasteiger partial charge in [-0.05, 0) is 18.6 Å². The van der Waals surface area contributed by atoms with Crippen LogP contribution in [0.5, 0.6) is 0 Å². The molecule has 0 amide bonds. The van der Waals surface area contributed by atoms with Gasteiger partial charge in [-0.25, -0.2) is 8.78 Å². The summed E-state index contributed by atoms with van der Waals surface area (Å²) in [5.74, 6) is -0.321. The van der Waals surface area contributed by atoms with Gasteiger partial charge in [-0.3, -0.25) is 4.79 Å². The molecule has 0 aromatic heterocycles. The van der Waals surface area contributed by atoms with Gasteiger partial charge in [0.1, 0.15) is 0 Å². The minimum absolute atomic E-state index is 0.0938. The molecule has 0 aliphatic rings. The molecule has 5 heteroatoms. The highest BCUT2D eigenvalue weighted by molar-refractivity contribution is 9.10. The Kier molecular flexibility index (Phi) is 5.05. The normalized spacial score (nSPS) is 12.9. The molecular formula is C11H10Br2F2O. The lowest BCUT2D eigenvalue weighted by atomic mass is 10.00. The molecule has 0 saturated carbocycles. The molecule has 0 aliphatic heterocycles. The van der Waals surface area contributed by atoms with Gasteiger partial charge in [0.15, 0.2) is 5.78 Å². The third-order valence-electron chi connectivity index (χ3n) is 2.13. The molecule has 1 atom stereocenters. The Balaban J connectivity index is 3.25. The molecule has 0 fully saturated rings. The maximum Gasteiger partial charge on any atom is 0.264 e. The number of carbonyl (C=O) groups excluding carboxylic acids is 1. The molecule has 0 N–H and O–H groups in total. The number of hydrogen-bond acceptors (Lipinski definition) is 1. The van der Waals surface area contributed by atoms with Crippen LogP contribution in [0.2, 0.25) is 0 Å². The number of rotatable bonds is 4. The Morgan fingerprint density at radius 2 is 2.06 bits per heavy atom. The summed E-state index contributed by atoms with van der Waals surface area (Å²) in [5.41, 5.74) is 0.693. The van der Waals surface area contributed by atoms with Crippen LogP contribution in [0.3, 0.4) is 0 Å². The van der Waals surface area contributed by atoms with Gasteiger partial charge < -0.3 is 0 Å². The van der Waals surface area contributed by atoms with Crippen LogP contribution in [-0.2, 0) is 5.33 Å². The predicted octanol–water partition coefficient (Wildman–Crippen LogP) is 4.49. The van der Waals surface area contributed by atoms with E-state index in [1.165, 1.54) is 12.1 Å². The monoisotopic (exact) mass is 354 g/mol. The van der Waals surface area contributed by atoms with Gasteiger partial charge in [-0.1, -0.05) is 44.0 Å². The number of carbonyl (C=O) groups is 1. The van der Waals surface area contributed by atoms with Gasteiger partial charge >= 0.3 is 0 Å². The van der Waals surface area contributed by atoms with E-state index in [2.05, 4.69) is 31.9 Å². The number of alkyl halides is 4. The smallest absolute Gasteiger partial charge is 0.264 e. The Morgan fingerprint density at radius 3 is 2.50 bits per heavy atom. The average Bonchev–Trinajstić information content (AvgIpc) is 2.26. The summed E-state index contributed by atoms with van der Waals surface area (Å²) in [7, 11) is 0. The zero-order valence-electron chi connectivity index (χ0n) is 8.51. The first-order chi connectivity index (χ1) is 7.47. The zero-order valence-corrected chi connectivity index (χ0v) is 11.7. The molecule has 1 unspecified atom stereocenters. The van der Waals surface area contributed by atoms with Gasteiger partial charge in [0.05, 0.1) is 4.83 Å². The van der Waals surface area contributed by atoms with E-state index >= 15 is 0 Å². The first-order valence-electron chi connectivity index (χ1n) is 4.62. The molecule has 0 aliphatic carbocycles. The van der Waals surface area contributed by atoms with Crippen molar-refractivity contribution >= 4 is 37.6 Å². The minimum Gasteiger partial charge on any atom is -0.293 e. The Hall–Kier alpha value is -0.290. The molecule has 16 heavy (non-hydrogen) atoms. The van der Waals surface area contributed by atoms with E-state index in [-0.39, 0.29) is 16.9 Å². The van der Waals surface area contributed by atoms with Crippen molar-refractivity contribution in [3.8, 4) is 0 Å². The van der Waals surface area contributed by atoms with Crippen molar-refractivity contribution in [1.82, 2.24) is 0 Å². The maximum absolute atomic E-state index is 12.7. The van der Waals surface area contributed by atoms with Gasteiger partial charge in [0, 0.05) is 16.5 Å². The Morgan fingerprint density at radius 1 is 1.44 bits per heavy atom. The molecule has 0 radical (unpaired) electrons. The van der Waals surface area contributed by atoms with Crippen LogP contribution < -0.4 is 0 Å². The van der Waals surface area contributed by atoms with Crippen LogP contribution >= 0.6 is 31.9 Å². The Bertz CT molecular complexity index is 392. The van der Waals surface area contributed by atoms with Gasteiger partial charge in [-0.15, -0.1) is 0 Å². The fraction of sp³-hybridized carbons (Fsp3) is 0.364. The topological polar surface area (TPSA) is 17.1 Å². The second kappa shape index (κ2) is 5.87. The molecule has 0 saturated heterocycles. The molecule has 1 aromatic carbocycles. The van der Waals surface area contributed by atoms with Crippen LogP contribution in [-0.4, -0.2) is 10.6 Å². The molecule has 1 aromatic rings. The average molecular weight is 356 g/mol. The van der Waals surface area contributed by atoms with Crippen molar-refractivity contribution in [2.24, 2.45) is 0 Å². The summed E-state index contributed by atoms with van der Waals surface area (Å²) < 4.78 is 25.4. The quantitative estimate of drug-likeness (QED) is 0.574. The number of Topliss-reactive ketones (excluding diaryl/α,β-unsaturated/α-hetero) is 1. The molecule has 0 spiro atoms. The van der Waals surface area contributed by atoms with Crippen molar-refractivity contribution in [1.29, 1.82) is 0 Å². The summed E-state index contributed by atoms with van der Waals surface area (Å²) in [6.45, 7) is 1.62. The number of ketones is 1. The molecule has 1 nitrogen and oxygen atoms in total. The largest absolute Gasteiger partial charge is 0.293 e. The standard InChI is InChI=1S/C11H10Br2F2O/c1-6(13)10(16)9-4-7(5-12)2-3-8(9)11(14)15/h2-4,6,11H,5H2,1H3. The van der Waals surface area contributed by atoms with Crippen molar-refractivity contribution in [2.45, 2.75) is 23.5 Å². The summed E-state index contributed by atoms with van der Waals surface area (Å²) in [5, 5.41) is 0.535. The first-order valence-corrected chi connectivity index (χ1v) is 6.66. The lowest BCUT2D eigenvalue weighted by Gasteiger charge is -2.10. The summed E-state index contributed by atoms with van der Waals surface area (Å²) in [6, 6.07) is 4.41. The third-order valence-corrected chi connectivity index (χ3v) is 3.20. The van der Waals surface area contributed by atoms with E-state index in [4.69, 9.17) is 0 Å². The van der Waals surface area contributed by atoms with Gasteiger partial charge in [-0.2, -0.15) is 0 Å². The molecule has 0 heterocycles. The number of benzene rings is 1. The lowest BCUT2D eigenvalue weighted by molar-refractivity contribution is 0.0982. The SMILES string of the molecule is CC(Br)C(=O)c1cc(CBr)ccc1C(F)F. The zero-order chi connectivity index (χ0) is 12.3. The number of halogens is 4. The maximum atomic E-state index is 12.7. The van der Waals surface area contributed by atoms with Crippen LogP contribution in [0, 0.1) is 0 Å². The van der Waals surface area contributed by atoms with Crippen molar-refractivity contribution in [3.63, 3.8) is 0 Å². The van der Waals surface area contributed by atoms with Gasteiger partial charge in [0.2, 0.25) is 0 Å². The van der Waals surface area contributed by atoms with E-state index in [0.717, 1.165) is 5.56 Å². The number of hydrogen-bond donors (Lipinski definition) is 0. The van der Waals surface area contributed by atoms with E-state index in [0.29, 0.717) is 5.33 Å². The molecule has 0 bridgehead atoms. The fourth-order valence-electron chi connectivity index (χ4n) is 1.30. The van der Waals surface area contributed by atoms with Crippen molar-refractivity contribution in [3.05, 3.63) is 34.9 Å². The van der Waals surface area contributed by atoms with Crippen LogP contribution in [0.4, 0.5) is 8.78 Å². The molecule has 1 rings (SSSR count). The predicted molar refractivity (Wildman–Crippen MR) is 66.7 cm³/mol. The van der Waals surface area contributed by atoms with E-state index in [9.17, 15) is 13.6 Å². The second-order valence-corrected chi connectivity index (χ2v) is 5.27. The summed E-state index contributed by atoms with van der Waals surface area (Å²) in [4.78, 5) is 11.3. The van der Waals surface area contributed by atoms with E-state index in [1.807, 2.05) is 0 Å². The fourth-order valence-corrected chi connectivity index (χ4v) is 1.90. The minimum atomic E-state index is -2.63. The van der Waals surface area contributed by atoms with Gasteiger partial charge in [0.25, 0.3) is 6.43 Å². The Labute approximate surface area is 109 Å². The third kappa shape index (κ3) is 3.10. The van der Waals surface area contributed by atoms with Crippen molar-refractivity contribution in [2.75, 3.05) is 0 Å². The van der Waals surface area contributed by atoms with E-state index in [1.54, 1.807) is 13.0 Å². The van der Waals surface area contributed by atoms with Crippen LogP contribution in [0.1, 0.15) is 34.8 Å². The van der Waals surface area contributed by atoms with E-state index < -0.39 is 11.3 Å². The highest BCUT2D eigenvalue weighted by Gasteiger charge is 2.21.